The zero-order valence-corrected chi connectivity index (χ0v) is 33.8. The Hall–Kier alpha value is -3.71. The molecule has 2 fully saturated rings. The molecular weight excluding hydrogens is 738 g/mol. The third-order valence-corrected chi connectivity index (χ3v) is 15.1. The number of carbonyl (C=O) groups is 2. The van der Waals surface area contributed by atoms with Crippen LogP contribution in [-0.2, 0) is 38.1 Å². The second kappa shape index (κ2) is 15.3. The molecule has 8 rings (SSSR count). The van der Waals surface area contributed by atoms with Crippen molar-refractivity contribution in [3.63, 3.8) is 0 Å². The van der Waals surface area contributed by atoms with Crippen molar-refractivity contribution < 1.29 is 28.0 Å². The highest BCUT2D eigenvalue weighted by atomic mass is 35.5. The highest BCUT2D eigenvalue weighted by molar-refractivity contribution is 7.94. The first-order chi connectivity index (χ1) is 26.5. The maximum absolute atomic E-state index is 14.9. The van der Waals surface area contributed by atoms with Crippen LogP contribution in [0.5, 0.6) is 5.75 Å². The summed E-state index contributed by atoms with van der Waals surface area (Å²) >= 11 is 6.48. The molecule has 4 heterocycles. The minimum atomic E-state index is -3.35. The van der Waals surface area contributed by atoms with Crippen molar-refractivity contribution in [3.05, 3.63) is 82.0 Å². The van der Waals surface area contributed by atoms with Gasteiger partial charge in [0.15, 0.2) is 11.6 Å². The first-order valence-corrected chi connectivity index (χ1v) is 21.8. The fourth-order valence-corrected chi connectivity index (χ4v) is 11.9. The molecule has 1 saturated carbocycles. The lowest BCUT2D eigenvalue weighted by molar-refractivity contribution is 0.0131. The molecule has 0 unspecified atom stereocenters. The van der Waals surface area contributed by atoms with E-state index in [1.165, 1.54) is 11.1 Å². The molecule has 6 atom stereocenters. The number of halogens is 1. The van der Waals surface area contributed by atoms with E-state index in [-0.39, 0.29) is 40.8 Å². The third-order valence-electron chi connectivity index (χ3n) is 12.5. The van der Waals surface area contributed by atoms with E-state index in [1.807, 2.05) is 30.0 Å². The van der Waals surface area contributed by atoms with Gasteiger partial charge in [-0.1, -0.05) is 36.7 Å². The second-order valence-corrected chi connectivity index (χ2v) is 19.2. The number of hydrogen-bond acceptors (Lipinski definition) is 9. The van der Waals surface area contributed by atoms with Crippen molar-refractivity contribution in [2.24, 2.45) is 29.2 Å². The number of nitrogens with zero attached hydrogens (tertiary/aromatic N) is 5. The molecule has 3 aliphatic heterocycles. The van der Waals surface area contributed by atoms with Crippen LogP contribution in [0.1, 0.15) is 70.9 Å². The molecule has 1 saturated heterocycles. The molecular formula is C42H52ClN5O6S. The average molecular weight is 790 g/mol. The minimum absolute atomic E-state index is 0.0557. The predicted octanol–water partition coefficient (Wildman–Crippen LogP) is 6.51. The van der Waals surface area contributed by atoms with E-state index >= 15 is 0 Å². The molecule has 13 heteroatoms. The molecule has 1 spiro atoms. The zero-order valence-electron chi connectivity index (χ0n) is 32.2. The number of amides is 1. The Morgan fingerprint density at radius 1 is 1.09 bits per heavy atom. The molecule has 5 aliphatic rings. The van der Waals surface area contributed by atoms with Crippen LogP contribution < -0.4 is 14.5 Å². The van der Waals surface area contributed by atoms with Crippen molar-refractivity contribution in [2.75, 3.05) is 68.3 Å². The normalized spacial score (nSPS) is 30.2. The summed E-state index contributed by atoms with van der Waals surface area (Å²) in [6.07, 6.45) is 11.7. The number of aryl methyl sites for hydroxylation is 2. The summed E-state index contributed by atoms with van der Waals surface area (Å²) in [5.74, 6) is 0.632. The number of Topliss-reactive ketones (excluding diaryl/α,β-unsaturated/α-hetero) is 1. The minimum Gasteiger partial charge on any atom is -0.490 e. The smallest absolute Gasteiger partial charge is 0.285 e. The van der Waals surface area contributed by atoms with Crippen molar-refractivity contribution in [3.8, 4) is 5.75 Å². The number of rotatable bonds is 6. The van der Waals surface area contributed by atoms with Crippen LogP contribution in [0, 0.1) is 17.8 Å². The Balaban J connectivity index is 1.17. The summed E-state index contributed by atoms with van der Waals surface area (Å²) in [5.41, 5.74) is 3.82. The number of fused-ring (bicyclic) bond motifs is 4. The van der Waals surface area contributed by atoms with Gasteiger partial charge in [-0.25, -0.2) is 4.21 Å². The number of ketones is 1. The zero-order chi connectivity index (χ0) is 38.5. The highest BCUT2D eigenvalue weighted by Crippen LogP contribution is 2.47. The summed E-state index contributed by atoms with van der Waals surface area (Å²) < 4.78 is 39.2. The summed E-state index contributed by atoms with van der Waals surface area (Å²) in [7, 11) is 1.85. The lowest BCUT2D eigenvalue weighted by Gasteiger charge is -2.46. The van der Waals surface area contributed by atoms with Gasteiger partial charge >= 0.3 is 0 Å². The lowest BCUT2D eigenvalue weighted by Crippen LogP contribution is -2.52. The Labute approximate surface area is 329 Å². The number of ether oxygens (including phenoxy) is 3. The Morgan fingerprint density at radius 2 is 1.93 bits per heavy atom. The van der Waals surface area contributed by atoms with Gasteiger partial charge in [0.25, 0.3) is 5.91 Å². The lowest BCUT2D eigenvalue weighted by atomic mass is 9.68. The van der Waals surface area contributed by atoms with Crippen molar-refractivity contribution >= 4 is 44.5 Å². The van der Waals surface area contributed by atoms with Gasteiger partial charge in [0.1, 0.15) is 5.75 Å². The summed E-state index contributed by atoms with van der Waals surface area (Å²) in [6.45, 7) is 5.23. The molecule has 55 heavy (non-hydrogen) atoms. The van der Waals surface area contributed by atoms with E-state index in [4.69, 9.17) is 25.8 Å². The van der Waals surface area contributed by atoms with Crippen LogP contribution in [0.3, 0.4) is 0 Å². The topological polar surface area (TPSA) is 116 Å². The quantitative estimate of drug-likeness (QED) is 0.204. The van der Waals surface area contributed by atoms with Crippen molar-refractivity contribution in [2.45, 2.75) is 63.1 Å². The molecule has 294 valence electrons. The van der Waals surface area contributed by atoms with E-state index in [0.717, 1.165) is 55.9 Å². The Bertz CT molecular complexity index is 2120. The standard InChI is InChI=1S/C42H52ClN5O6S/c1-27-7-5-9-38(53-4)33-13-10-30(33)19-48-25-42(16-6-8-28-17-31(43)12-14-35(28)42)26-54-39-15-11-29(18-36(39)48)41(50)45-55(51,23-27)24-37(49)34-22-46(2)44-40(34)47-20-32(21-47)52-3/h5,9,11-12,14-15,17-18,22,27,30,32-33,38H,6-8,10,13,16,19-21,23-26H2,1-4H3/b9-5+/t27-,30-,33+,38-,42-,55+/m0/s1. The van der Waals surface area contributed by atoms with Gasteiger partial charge < -0.3 is 24.0 Å². The monoisotopic (exact) mass is 789 g/mol. The Kier molecular flexibility index (Phi) is 10.6. The van der Waals surface area contributed by atoms with Crippen LogP contribution in [-0.4, -0.2) is 96.4 Å². The number of aromatic nitrogens is 2. The molecule has 0 N–H and O–H groups in total. The fourth-order valence-electron chi connectivity index (χ4n) is 9.42. The Morgan fingerprint density at radius 3 is 2.69 bits per heavy atom. The van der Waals surface area contributed by atoms with Crippen molar-refractivity contribution in [1.82, 2.24) is 9.78 Å². The number of carbonyl (C=O) groups excluding carboxylic acids is 2. The number of hydrogen-bond donors (Lipinski definition) is 0. The molecule has 11 nitrogen and oxygen atoms in total. The highest BCUT2D eigenvalue weighted by Gasteiger charge is 2.44. The summed E-state index contributed by atoms with van der Waals surface area (Å²) in [5, 5.41) is 5.29. The first-order valence-electron chi connectivity index (χ1n) is 19.6. The van der Waals surface area contributed by atoms with Gasteiger partial charge in [-0.3, -0.25) is 14.3 Å². The molecule has 0 radical (unpaired) electrons. The van der Waals surface area contributed by atoms with Crippen LogP contribution in [0.4, 0.5) is 11.5 Å². The van der Waals surface area contributed by atoms with Crippen LogP contribution in [0.15, 0.2) is 59.1 Å². The maximum atomic E-state index is 14.9. The maximum Gasteiger partial charge on any atom is 0.285 e. The van der Waals surface area contributed by atoms with E-state index in [9.17, 15) is 13.8 Å². The van der Waals surface area contributed by atoms with E-state index in [0.29, 0.717) is 60.6 Å². The largest absolute Gasteiger partial charge is 0.490 e. The number of anilines is 2. The molecule has 2 aliphatic carbocycles. The van der Waals surface area contributed by atoms with Crippen LogP contribution in [0.2, 0.25) is 5.02 Å². The summed E-state index contributed by atoms with van der Waals surface area (Å²) in [4.78, 5) is 32.7. The van der Waals surface area contributed by atoms with Gasteiger partial charge in [0, 0.05) is 75.4 Å². The van der Waals surface area contributed by atoms with Gasteiger partial charge in [-0.05, 0) is 97.7 Å². The SMILES string of the molecule is COC1CN(c2nn(C)cc2C(=O)C[S@@]2(=O)=NC(=O)c3ccc4c(c3)N(C[C@@H]3CC[C@H]3[C@@H](OC)/C=C/C[C@H](C)C2)C[C@@]2(CCCc3cc(Cl)ccc32)CO4)C1. The molecule has 3 aromatic rings. The molecule has 2 bridgehead atoms. The first kappa shape index (κ1) is 38.2. The van der Waals surface area contributed by atoms with Crippen LogP contribution >= 0.6 is 11.6 Å². The average Bonchev–Trinajstić information content (AvgIpc) is 3.43. The van der Waals surface area contributed by atoms with Gasteiger partial charge in [0.2, 0.25) is 0 Å². The summed E-state index contributed by atoms with van der Waals surface area (Å²) in [6, 6.07) is 11.7. The molecule has 1 aromatic heterocycles. The molecule has 1 amide bonds. The number of benzene rings is 2. The van der Waals surface area contributed by atoms with E-state index in [2.05, 4.69) is 38.6 Å². The van der Waals surface area contributed by atoms with E-state index in [1.54, 1.807) is 38.2 Å². The van der Waals surface area contributed by atoms with Crippen molar-refractivity contribution in [1.29, 1.82) is 0 Å². The van der Waals surface area contributed by atoms with E-state index < -0.39 is 15.6 Å². The molecule has 2 aromatic carbocycles. The fraction of sp³-hybridized carbons (Fsp3) is 0.548. The van der Waals surface area contributed by atoms with Gasteiger partial charge in [-0.2, -0.15) is 9.46 Å². The number of allylic oxidation sites excluding steroid dienone is 1. The van der Waals surface area contributed by atoms with Gasteiger partial charge in [-0.15, -0.1) is 0 Å². The van der Waals surface area contributed by atoms with Crippen LogP contribution in [0.25, 0.3) is 0 Å². The predicted molar refractivity (Wildman–Crippen MR) is 215 cm³/mol. The second-order valence-electron chi connectivity index (χ2n) is 16.5. The number of methoxy groups -OCH3 is 2. The van der Waals surface area contributed by atoms with Gasteiger partial charge in [0.05, 0.1) is 45.5 Å². The third kappa shape index (κ3) is 7.59.